The number of carbonyl (C=O) groups excluding carboxylic acids is 2. The van der Waals surface area contributed by atoms with E-state index < -0.39 is 18.0 Å². The summed E-state index contributed by atoms with van der Waals surface area (Å²) in [6.45, 7) is 6.62. The fourth-order valence-corrected chi connectivity index (χ4v) is 6.63. The summed E-state index contributed by atoms with van der Waals surface area (Å²) in [5.41, 5.74) is 2.27. The zero-order chi connectivity index (χ0) is 24.0. The van der Waals surface area contributed by atoms with Crippen LogP contribution < -0.4 is 5.32 Å². The van der Waals surface area contributed by atoms with Gasteiger partial charge in [-0.2, -0.15) is 0 Å². The minimum absolute atomic E-state index is 0.0127. The summed E-state index contributed by atoms with van der Waals surface area (Å²) in [5.74, 6) is -2.18. The Hall–Kier alpha value is -2.36. The van der Waals surface area contributed by atoms with Crippen molar-refractivity contribution in [3.05, 3.63) is 46.0 Å². The number of aliphatic hydroxyl groups excluding tert-OH is 1. The number of aliphatic hydroxyl groups is 1. The van der Waals surface area contributed by atoms with E-state index in [9.17, 15) is 24.6 Å². The zero-order valence-corrected chi connectivity index (χ0v) is 20.1. The summed E-state index contributed by atoms with van der Waals surface area (Å²) in [6, 6.07) is 7.45. The van der Waals surface area contributed by atoms with Crippen molar-refractivity contribution in [3.63, 3.8) is 0 Å². The van der Waals surface area contributed by atoms with Gasteiger partial charge in [-0.05, 0) is 25.8 Å². The Bertz CT molecular complexity index is 992. The number of amides is 2. The molecule has 3 aliphatic heterocycles. The number of hydrogen-bond donors (Lipinski definition) is 3. The van der Waals surface area contributed by atoms with E-state index in [1.54, 1.807) is 18.9 Å². The number of nitrogens with zero attached hydrogens (tertiary/aromatic N) is 2. The van der Waals surface area contributed by atoms with Crippen LogP contribution in [-0.4, -0.2) is 74.8 Å². The topological polar surface area (TPSA) is 110 Å². The van der Waals surface area contributed by atoms with E-state index in [1.807, 2.05) is 38.1 Å². The van der Waals surface area contributed by atoms with Crippen LogP contribution in [0.2, 0.25) is 0 Å². The molecule has 0 spiro atoms. The highest BCUT2D eigenvalue weighted by molar-refractivity contribution is 8.03. The third-order valence-electron chi connectivity index (χ3n) is 6.91. The van der Waals surface area contributed by atoms with Crippen LogP contribution in [0.4, 0.5) is 0 Å². The lowest BCUT2D eigenvalue weighted by Gasteiger charge is -2.46. The predicted octanol–water partition coefficient (Wildman–Crippen LogP) is 1.57. The van der Waals surface area contributed by atoms with Gasteiger partial charge in [-0.15, -0.1) is 11.8 Å². The van der Waals surface area contributed by atoms with Gasteiger partial charge in [0, 0.05) is 36.2 Å². The first kappa shape index (κ1) is 23.8. The molecule has 0 aromatic heterocycles. The summed E-state index contributed by atoms with van der Waals surface area (Å²) in [7, 11) is 1.79. The van der Waals surface area contributed by atoms with E-state index in [4.69, 9.17) is 0 Å². The van der Waals surface area contributed by atoms with Crippen molar-refractivity contribution in [2.45, 2.75) is 57.2 Å². The molecule has 1 aromatic carbocycles. The Morgan fingerprint density at radius 3 is 2.58 bits per heavy atom. The third-order valence-corrected chi connectivity index (χ3v) is 8.42. The number of benzene rings is 1. The molecule has 0 saturated carbocycles. The molecule has 4 rings (SSSR count). The van der Waals surface area contributed by atoms with Crippen molar-refractivity contribution >= 4 is 29.5 Å². The summed E-state index contributed by atoms with van der Waals surface area (Å²) in [5, 5.41) is 23.1. The van der Waals surface area contributed by atoms with Gasteiger partial charge in [0.2, 0.25) is 11.8 Å². The van der Waals surface area contributed by atoms with Gasteiger partial charge in [-0.25, -0.2) is 4.79 Å². The molecular weight excluding hydrogens is 442 g/mol. The van der Waals surface area contributed by atoms with Crippen molar-refractivity contribution < 1.29 is 24.6 Å². The number of rotatable bonds is 7. The van der Waals surface area contributed by atoms with Gasteiger partial charge in [-0.3, -0.25) is 9.59 Å². The number of hydrogen-bond acceptors (Lipinski definition) is 6. The molecule has 6 unspecified atom stereocenters. The van der Waals surface area contributed by atoms with Crippen molar-refractivity contribution in [3.8, 4) is 0 Å². The standard InChI is InChI=1S/C24H31N3O5S/c1-12-5-7-15(8-6-12)11-26(4)22(29)17-9-16(10-25-17)33-21-13(2)19-18(14(3)28)23(30)27(19)20(21)24(31)32/h5-8,13-14,16-19,25,28H,9-11H2,1-4H3,(H,31,32). The SMILES string of the molecule is Cc1ccc(CN(C)C(=O)C2CC(SC3=C(C(=O)O)N4C(=O)C(C(C)O)C4C3C)CN2)cc1. The van der Waals surface area contributed by atoms with Crippen LogP contribution in [0, 0.1) is 18.8 Å². The number of aryl methyl sites for hydroxylation is 1. The van der Waals surface area contributed by atoms with Gasteiger partial charge in [0.1, 0.15) is 5.70 Å². The van der Waals surface area contributed by atoms with Gasteiger partial charge >= 0.3 is 5.97 Å². The van der Waals surface area contributed by atoms with Gasteiger partial charge < -0.3 is 25.3 Å². The lowest BCUT2D eigenvalue weighted by molar-refractivity contribution is -0.163. The lowest BCUT2D eigenvalue weighted by atomic mass is 9.79. The van der Waals surface area contributed by atoms with Gasteiger partial charge in [0.25, 0.3) is 0 Å². The van der Waals surface area contributed by atoms with Crippen LogP contribution in [0.1, 0.15) is 31.4 Å². The molecule has 33 heavy (non-hydrogen) atoms. The predicted molar refractivity (Wildman–Crippen MR) is 125 cm³/mol. The highest BCUT2D eigenvalue weighted by atomic mass is 32.2. The minimum atomic E-state index is -1.12. The maximum Gasteiger partial charge on any atom is 0.353 e. The van der Waals surface area contributed by atoms with Gasteiger partial charge in [-0.1, -0.05) is 36.8 Å². The van der Waals surface area contributed by atoms with Crippen LogP contribution in [0.15, 0.2) is 34.9 Å². The highest BCUT2D eigenvalue weighted by Gasteiger charge is 2.60. The Morgan fingerprint density at radius 2 is 1.97 bits per heavy atom. The zero-order valence-electron chi connectivity index (χ0n) is 19.3. The maximum atomic E-state index is 13.0. The second-order valence-corrected chi connectivity index (χ2v) is 10.7. The number of likely N-dealkylation sites (N-methyl/N-ethyl adjacent to an activating group) is 1. The molecule has 3 heterocycles. The molecule has 0 aliphatic carbocycles. The molecule has 0 radical (unpaired) electrons. The molecular formula is C24H31N3O5S. The number of thioether (sulfide) groups is 1. The number of nitrogens with one attached hydrogen (secondary N) is 1. The summed E-state index contributed by atoms with van der Waals surface area (Å²) in [4.78, 5) is 41.2. The average molecular weight is 474 g/mol. The first-order valence-corrected chi connectivity index (χ1v) is 12.2. The lowest BCUT2D eigenvalue weighted by Crippen LogP contribution is -2.63. The Labute approximate surface area is 198 Å². The van der Waals surface area contributed by atoms with E-state index in [1.165, 1.54) is 22.2 Å². The molecule has 1 aromatic rings. The minimum Gasteiger partial charge on any atom is -0.477 e. The quantitative estimate of drug-likeness (QED) is 0.516. The van der Waals surface area contributed by atoms with Gasteiger partial charge in [0.05, 0.1) is 24.1 Å². The number of aliphatic carboxylic acids is 1. The van der Waals surface area contributed by atoms with Gasteiger partial charge in [0.15, 0.2) is 0 Å². The maximum absolute atomic E-state index is 13.0. The molecule has 9 heteroatoms. The van der Waals surface area contributed by atoms with Crippen LogP contribution in [-0.2, 0) is 20.9 Å². The molecule has 178 valence electrons. The third kappa shape index (κ3) is 4.29. The second kappa shape index (κ2) is 9.12. The largest absolute Gasteiger partial charge is 0.477 e. The number of carboxylic acids is 1. The molecule has 2 fully saturated rings. The molecule has 3 N–H and O–H groups in total. The fraction of sp³-hybridized carbons (Fsp3) is 0.542. The molecule has 6 atom stereocenters. The van der Waals surface area contributed by atoms with Crippen molar-refractivity contribution in [2.75, 3.05) is 13.6 Å². The van der Waals surface area contributed by atoms with E-state index in [0.717, 1.165) is 5.56 Å². The summed E-state index contributed by atoms with van der Waals surface area (Å²) in [6.07, 6.45) is -0.233. The monoisotopic (exact) mass is 473 g/mol. The second-order valence-electron chi connectivity index (χ2n) is 9.39. The van der Waals surface area contributed by atoms with Crippen LogP contribution in [0.3, 0.4) is 0 Å². The summed E-state index contributed by atoms with van der Waals surface area (Å²) >= 11 is 1.45. The molecule has 2 saturated heterocycles. The fourth-order valence-electron chi connectivity index (χ4n) is 5.15. The Morgan fingerprint density at radius 1 is 1.30 bits per heavy atom. The average Bonchev–Trinajstić information content (AvgIpc) is 3.31. The molecule has 0 bridgehead atoms. The molecule has 8 nitrogen and oxygen atoms in total. The van der Waals surface area contributed by atoms with Crippen molar-refractivity contribution in [1.82, 2.24) is 15.1 Å². The number of carbonyl (C=O) groups is 3. The van der Waals surface area contributed by atoms with Crippen molar-refractivity contribution in [1.29, 1.82) is 0 Å². The van der Waals surface area contributed by atoms with E-state index >= 15 is 0 Å². The Kier molecular flexibility index (Phi) is 6.57. The normalized spacial score (nSPS) is 29.7. The van der Waals surface area contributed by atoms with Crippen LogP contribution >= 0.6 is 11.8 Å². The number of fused-ring (bicyclic) bond motifs is 1. The first-order valence-electron chi connectivity index (χ1n) is 11.3. The highest BCUT2D eigenvalue weighted by Crippen LogP contribution is 2.51. The summed E-state index contributed by atoms with van der Waals surface area (Å²) < 4.78 is 0. The van der Waals surface area contributed by atoms with E-state index in [2.05, 4.69) is 5.32 Å². The number of β-lactam (4-membered cyclic amide) rings is 1. The van der Waals surface area contributed by atoms with Crippen LogP contribution in [0.5, 0.6) is 0 Å². The molecule has 3 aliphatic rings. The number of carboxylic acid groups (broad SMARTS) is 1. The van der Waals surface area contributed by atoms with E-state index in [0.29, 0.717) is 24.4 Å². The smallest absolute Gasteiger partial charge is 0.353 e. The molecule has 2 amide bonds. The first-order chi connectivity index (χ1) is 15.6. The van der Waals surface area contributed by atoms with E-state index in [-0.39, 0.29) is 40.8 Å². The van der Waals surface area contributed by atoms with Crippen LogP contribution in [0.25, 0.3) is 0 Å². The Balaban J connectivity index is 1.41. The van der Waals surface area contributed by atoms with Crippen molar-refractivity contribution in [2.24, 2.45) is 11.8 Å².